The SMILES string of the molecule is CCOc1ccc(NC(=O)COc2ccc(N3C[C@H](C(=O)NCCCn4ccnc4)CC3=O)cc2)cc1. The van der Waals surface area contributed by atoms with Crippen LogP contribution in [-0.2, 0) is 20.9 Å². The Morgan fingerprint density at radius 2 is 1.78 bits per heavy atom. The molecule has 194 valence electrons. The lowest BCUT2D eigenvalue weighted by molar-refractivity contribution is -0.126. The molecule has 0 spiro atoms. The van der Waals surface area contributed by atoms with Crippen molar-refractivity contribution < 1.29 is 23.9 Å². The molecule has 1 atom stereocenters. The summed E-state index contributed by atoms with van der Waals surface area (Å²) in [5.41, 5.74) is 1.34. The summed E-state index contributed by atoms with van der Waals surface area (Å²) in [6, 6.07) is 14.0. The van der Waals surface area contributed by atoms with Gasteiger partial charge in [-0.1, -0.05) is 0 Å². The average molecular weight is 506 g/mol. The molecule has 1 aromatic heterocycles. The van der Waals surface area contributed by atoms with E-state index in [1.165, 1.54) is 0 Å². The predicted molar refractivity (Wildman–Crippen MR) is 138 cm³/mol. The van der Waals surface area contributed by atoms with E-state index in [1.807, 2.05) is 17.7 Å². The molecule has 2 heterocycles. The van der Waals surface area contributed by atoms with Gasteiger partial charge in [-0.15, -0.1) is 0 Å². The molecule has 1 fully saturated rings. The molecule has 0 unspecified atom stereocenters. The molecule has 37 heavy (non-hydrogen) atoms. The fraction of sp³-hybridized carbons (Fsp3) is 0.333. The standard InChI is InChI=1S/C27H31N5O5/c1-2-36-23-8-4-21(5-9-23)30-25(33)18-37-24-10-6-22(7-11-24)32-17-20(16-26(32)34)27(35)29-12-3-14-31-15-13-28-19-31/h4-11,13,15,19-20H,2-3,12,14,16-18H2,1H3,(H,29,35)(H,30,33)/t20-/m1/s1. The lowest BCUT2D eigenvalue weighted by Crippen LogP contribution is -2.33. The van der Waals surface area contributed by atoms with E-state index in [0.717, 1.165) is 18.7 Å². The molecule has 0 saturated carbocycles. The molecule has 3 aromatic rings. The largest absolute Gasteiger partial charge is 0.494 e. The number of ether oxygens (including phenoxy) is 2. The summed E-state index contributed by atoms with van der Waals surface area (Å²) in [7, 11) is 0. The number of hydrogen-bond acceptors (Lipinski definition) is 6. The van der Waals surface area contributed by atoms with Gasteiger partial charge in [0.25, 0.3) is 5.91 Å². The lowest BCUT2D eigenvalue weighted by atomic mass is 10.1. The molecule has 2 aromatic carbocycles. The van der Waals surface area contributed by atoms with Crippen LogP contribution >= 0.6 is 0 Å². The van der Waals surface area contributed by atoms with Crippen LogP contribution in [0.3, 0.4) is 0 Å². The van der Waals surface area contributed by atoms with E-state index in [1.54, 1.807) is 66.0 Å². The number of nitrogens with zero attached hydrogens (tertiary/aromatic N) is 3. The maximum absolute atomic E-state index is 12.5. The summed E-state index contributed by atoms with van der Waals surface area (Å²) in [5.74, 6) is 0.359. The predicted octanol–water partition coefficient (Wildman–Crippen LogP) is 2.86. The minimum absolute atomic E-state index is 0.0954. The van der Waals surface area contributed by atoms with E-state index in [0.29, 0.717) is 36.8 Å². The van der Waals surface area contributed by atoms with Gasteiger partial charge in [0.05, 0.1) is 18.9 Å². The number of benzene rings is 2. The van der Waals surface area contributed by atoms with Crippen LogP contribution in [0.25, 0.3) is 0 Å². The molecule has 10 nitrogen and oxygen atoms in total. The van der Waals surface area contributed by atoms with Crippen LogP contribution in [0.4, 0.5) is 11.4 Å². The summed E-state index contributed by atoms with van der Waals surface area (Å²) in [4.78, 5) is 42.9. The van der Waals surface area contributed by atoms with E-state index in [4.69, 9.17) is 9.47 Å². The van der Waals surface area contributed by atoms with E-state index < -0.39 is 0 Å². The van der Waals surface area contributed by atoms with Crippen molar-refractivity contribution >= 4 is 29.1 Å². The average Bonchev–Trinajstić information content (AvgIpc) is 3.57. The number of hydrogen-bond donors (Lipinski definition) is 2. The molecular formula is C27H31N5O5. The summed E-state index contributed by atoms with van der Waals surface area (Å²) in [5, 5.41) is 5.70. The first-order valence-corrected chi connectivity index (χ1v) is 12.3. The van der Waals surface area contributed by atoms with Crippen molar-refractivity contribution in [1.29, 1.82) is 0 Å². The molecular weight excluding hydrogens is 474 g/mol. The Morgan fingerprint density at radius 1 is 1.05 bits per heavy atom. The third kappa shape index (κ3) is 7.33. The van der Waals surface area contributed by atoms with Crippen molar-refractivity contribution in [1.82, 2.24) is 14.9 Å². The molecule has 3 amide bonds. The second-order valence-electron chi connectivity index (χ2n) is 8.64. The first-order chi connectivity index (χ1) is 18.0. The summed E-state index contributed by atoms with van der Waals surface area (Å²) >= 11 is 0. The zero-order valence-corrected chi connectivity index (χ0v) is 20.8. The normalized spacial score (nSPS) is 14.9. The van der Waals surface area contributed by atoms with Gasteiger partial charge in [0.1, 0.15) is 11.5 Å². The molecule has 10 heteroatoms. The van der Waals surface area contributed by atoms with Crippen molar-refractivity contribution in [3.8, 4) is 11.5 Å². The molecule has 1 aliphatic heterocycles. The van der Waals surface area contributed by atoms with E-state index in [-0.39, 0.29) is 36.7 Å². The Kier molecular flexibility index (Phi) is 8.75. The highest BCUT2D eigenvalue weighted by Crippen LogP contribution is 2.27. The van der Waals surface area contributed by atoms with E-state index in [2.05, 4.69) is 15.6 Å². The number of aryl methyl sites for hydroxylation is 1. The highest BCUT2D eigenvalue weighted by atomic mass is 16.5. The second-order valence-corrected chi connectivity index (χ2v) is 8.64. The zero-order chi connectivity index (χ0) is 26.0. The van der Waals surface area contributed by atoms with Crippen LogP contribution in [0.5, 0.6) is 11.5 Å². The van der Waals surface area contributed by atoms with Crippen LogP contribution in [0.2, 0.25) is 0 Å². The lowest BCUT2D eigenvalue weighted by Gasteiger charge is -2.17. The molecule has 0 radical (unpaired) electrons. The number of carbonyl (C=O) groups is 3. The number of aromatic nitrogens is 2. The van der Waals surface area contributed by atoms with Crippen LogP contribution in [0.1, 0.15) is 19.8 Å². The Labute approximate surface area is 215 Å². The van der Waals surface area contributed by atoms with Crippen molar-refractivity contribution in [3.05, 3.63) is 67.3 Å². The van der Waals surface area contributed by atoms with E-state index in [9.17, 15) is 14.4 Å². The van der Waals surface area contributed by atoms with Gasteiger partial charge in [0, 0.05) is 49.8 Å². The summed E-state index contributed by atoms with van der Waals surface area (Å²) < 4.78 is 12.9. The second kappa shape index (κ2) is 12.6. The maximum atomic E-state index is 12.5. The van der Waals surface area contributed by atoms with Gasteiger partial charge in [-0.3, -0.25) is 14.4 Å². The highest BCUT2D eigenvalue weighted by molar-refractivity contribution is 6.00. The summed E-state index contributed by atoms with van der Waals surface area (Å²) in [6.45, 7) is 3.97. The van der Waals surface area contributed by atoms with Crippen LogP contribution < -0.4 is 25.0 Å². The Balaban J connectivity index is 1.20. The number of rotatable bonds is 12. The van der Waals surface area contributed by atoms with Gasteiger partial charge >= 0.3 is 0 Å². The van der Waals surface area contributed by atoms with Gasteiger partial charge in [-0.05, 0) is 61.9 Å². The van der Waals surface area contributed by atoms with Crippen molar-refractivity contribution in [2.24, 2.45) is 5.92 Å². The van der Waals surface area contributed by atoms with Crippen molar-refractivity contribution in [2.75, 3.05) is 36.5 Å². The molecule has 0 bridgehead atoms. The molecule has 2 N–H and O–H groups in total. The number of amides is 3. The van der Waals surface area contributed by atoms with Gasteiger partial charge in [0.15, 0.2) is 6.61 Å². The summed E-state index contributed by atoms with van der Waals surface area (Å²) in [6.07, 6.45) is 6.30. The van der Waals surface area contributed by atoms with Gasteiger partial charge < -0.3 is 29.6 Å². The molecule has 0 aliphatic carbocycles. The Morgan fingerprint density at radius 3 is 2.49 bits per heavy atom. The van der Waals surface area contributed by atoms with Crippen molar-refractivity contribution in [3.63, 3.8) is 0 Å². The fourth-order valence-corrected chi connectivity index (χ4v) is 4.04. The van der Waals surface area contributed by atoms with Crippen LogP contribution in [0, 0.1) is 5.92 Å². The topological polar surface area (TPSA) is 115 Å². The first-order valence-electron chi connectivity index (χ1n) is 12.3. The first kappa shape index (κ1) is 25.7. The monoisotopic (exact) mass is 505 g/mol. The molecule has 1 saturated heterocycles. The number of carbonyl (C=O) groups excluding carboxylic acids is 3. The van der Waals surface area contributed by atoms with Crippen LogP contribution in [-0.4, -0.2) is 53.6 Å². The third-order valence-corrected chi connectivity index (χ3v) is 5.91. The minimum Gasteiger partial charge on any atom is -0.494 e. The van der Waals surface area contributed by atoms with E-state index >= 15 is 0 Å². The highest BCUT2D eigenvalue weighted by Gasteiger charge is 2.34. The maximum Gasteiger partial charge on any atom is 0.262 e. The third-order valence-electron chi connectivity index (χ3n) is 5.91. The minimum atomic E-state index is -0.386. The van der Waals surface area contributed by atoms with Gasteiger partial charge in [0.2, 0.25) is 11.8 Å². The van der Waals surface area contributed by atoms with Gasteiger partial charge in [-0.25, -0.2) is 4.98 Å². The number of imidazole rings is 1. The Hall–Kier alpha value is -4.34. The number of nitrogens with one attached hydrogen (secondary N) is 2. The number of anilines is 2. The quantitative estimate of drug-likeness (QED) is 0.366. The Bertz CT molecular complexity index is 1180. The smallest absolute Gasteiger partial charge is 0.262 e. The van der Waals surface area contributed by atoms with Crippen LogP contribution in [0.15, 0.2) is 67.3 Å². The fourth-order valence-electron chi connectivity index (χ4n) is 4.04. The molecule has 1 aliphatic rings. The van der Waals surface area contributed by atoms with Gasteiger partial charge in [-0.2, -0.15) is 0 Å². The van der Waals surface area contributed by atoms with Crippen molar-refractivity contribution in [2.45, 2.75) is 26.3 Å². The molecule has 4 rings (SSSR count). The zero-order valence-electron chi connectivity index (χ0n) is 20.8.